The Hall–Kier alpha value is -0.440. The van der Waals surface area contributed by atoms with E-state index in [0.717, 1.165) is 5.56 Å². The molecular formula is C9H13Cl2NO. The zero-order valence-corrected chi connectivity index (χ0v) is 9.15. The lowest BCUT2D eigenvalue weighted by Crippen LogP contribution is -2.04. The lowest BCUT2D eigenvalue weighted by atomic mass is 10.1. The Morgan fingerprint density at radius 2 is 2.08 bits per heavy atom. The average Bonchev–Trinajstić information content (AvgIpc) is 2.04. The molecule has 0 bridgehead atoms. The Labute approximate surface area is 89.4 Å². The minimum Gasteiger partial charge on any atom is -0.495 e. The quantitative estimate of drug-likeness (QED) is 0.834. The molecule has 0 amide bonds. The third-order valence-electron chi connectivity index (χ3n) is 1.70. The van der Waals surface area contributed by atoms with Crippen molar-refractivity contribution in [3.63, 3.8) is 0 Å². The summed E-state index contributed by atoms with van der Waals surface area (Å²) in [6.07, 6.45) is 0. The van der Waals surface area contributed by atoms with Gasteiger partial charge in [-0.05, 0) is 24.6 Å². The van der Waals surface area contributed by atoms with Crippen LogP contribution >= 0.6 is 24.0 Å². The van der Waals surface area contributed by atoms with Gasteiger partial charge in [0.15, 0.2) is 0 Å². The number of nitrogens with two attached hydrogens (primary N) is 1. The molecule has 0 fully saturated rings. The molecule has 0 saturated heterocycles. The lowest BCUT2D eigenvalue weighted by Gasteiger charge is -2.08. The SMILES string of the molecule is COc1ccc([C@H](C)N)cc1Cl.Cl. The summed E-state index contributed by atoms with van der Waals surface area (Å²) in [4.78, 5) is 0. The van der Waals surface area contributed by atoms with E-state index in [2.05, 4.69) is 0 Å². The Balaban J connectivity index is 0.00000144. The zero-order valence-electron chi connectivity index (χ0n) is 7.58. The first-order valence-electron chi connectivity index (χ1n) is 3.74. The summed E-state index contributed by atoms with van der Waals surface area (Å²) in [6.45, 7) is 1.91. The number of methoxy groups -OCH3 is 1. The van der Waals surface area contributed by atoms with E-state index in [1.54, 1.807) is 7.11 Å². The highest BCUT2D eigenvalue weighted by atomic mass is 35.5. The van der Waals surface area contributed by atoms with E-state index in [9.17, 15) is 0 Å². The van der Waals surface area contributed by atoms with Gasteiger partial charge in [0.2, 0.25) is 0 Å². The van der Waals surface area contributed by atoms with Crippen LogP contribution in [0, 0.1) is 0 Å². The fourth-order valence-electron chi connectivity index (χ4n) is 0.966. The van der Waals surface area contributed by atoms with Crippen molar-refractivity contribution in [2.45, 2.75) is 13.0 Å². The molecule has 0 aliphatic heterocycles. The van der Waals surface area contributed by atoms with Crippen LogP contribution in [-0.2, 0) is 0 Å². The molecule has 74 valence electrons. The predicted molar refractivity (Wildman–Crippen MR) is 57.9 cm³/mol. The zero-order chi connectivity index (χ0) is 9.14. The molecular weight excluding hydrogens is 209 g/mol. The van der Waals surface area contributed by atoms with E-state index in [1.165, 1.54) is 0 Å². The Morgan fingerprint density at radius 1 is 1.46 bits per heavy atom. The number of hydrogen-bond donors (Lipinski definition) is 1. The van der Waals surface area contributed by atoms with Crippen molar-refractivity contribution in [2.75, 3.05) is 7.11 Å². The Kier molecular flexibility index (Phi) is 5.14. The summed E-state index contributed by atoms with van der Waals surface area (Å²) >= 11 is 5.89. The van der Waals surface area contributed by atoms with Crippen LogP contribution < -0.4 is 10.5 Å². The molecule has 1 aromatic carbocycles. The molecule has 1 aromatic rings. The first kappa shape index (κ1) is 12.6. The Bertz CT molecular complexity index is 276. The van der Waals surface area contributed by atoms with Gasteiger partial charge in [0, 0.05) is 6.04 Å². The van der Waals surface area contributed by atoms with Gasteiger partial charge >= 0.3 is 0 Å². The molecule has 0 unspecified atom stereocenters. The van der Waals surface area contributed by atoms with Crippen LogP contribution in [0.4, 0.5) is 0 Å². The molecule has 1 rings (SSSR count). The van der Waals surface area contributed by atoms with E-state index in [1.807, 2.05) is 25.1 Å². The summed E-state index contributed by atoms with van der Waals surface area (Å²) in [5, 5.41) is 0.604. The summed E-state index contributed by atoms with van der Waals surface area (Å²) in [7, 11) is 1.59. The van der Waals surface area contributed by atoms with Gasteiger partial charge in [0.05, 0.1) is 12.1 Å². The molecule has 0 saturated carbocycles. The molecule has 1 atom stereocenters. The first-order valence-corrected chi connectivity index (χ1v) is 4.12. The normalized spacial score (nSPS) is 11.7. The molecule has 13 heavy (non-hydrogen) atoms. The molecule has 0 heterocycles. The minimum atomic E-state index is 0. The maximum atomic E-state index is 5.89. The molecule has 0 radical (unpaired) electrons. The highest BCUT2D eigenvalue weighted by Crippen LogP contribution is 2.26. The number of hydrogen-bond acceptors (Lipinski definition) is 2. The van der Waals surface area contributed by atoms with Crippen molar-refractivity contribution in [3.8, 4) is 5.75 Å². The largest absolute Gasteiger partial charge is 0.495 e. The van der Waals surface area contributed by atoms with Crippen LogP contribution in [0.15, 0.2) is 18.2 Å². The summed E-state index contributed by atoms with van der Waals surface area (Å²) in [5.74, 6) is 0.682. The van der Waals surface area contributed by atoms with Gasteiger partial charge in [-0.3, -0.25) is 0 Å². The van der Waals surface area contributed by atoms with Gasteiger partial charge in [-0.2, -0.15) is 0 Å². The third kappa shape index (κ3) is 3.07. The van der Waals surface area contributed by atoms with Crippen molar-refractivity contribution in [3.05, 3.63) is 28.8 Å². The molecule has 0 spiro atoms. The summed E-state index contributed by atoms with van der Waals surface area (Å²) in [6, 6.07) is 5.56. The molecule has 0 aliphatic carbocycles. The maximum absolute atomic E-state index is 5.89. The number of halogens is 2. The van der Waals surface area contributed by atoms with Crippen LogP contribution in [0.25, 0.3) is 0 Å². The highest BCUT2D eigenvalue weighted by Gasteiger charge is 2.03. The van der Waals surface area contributed by atoms with Crippen molar-refractivity contribution in [1.82, 2.24) is 0 Å². The molecule has 2 N–H and O–H groups in total. The highest BCUT2D eigenvalue weighted by molar-refractivity contribution is 6.32. The van der Waals surface area contributed by atoms with Gasteiger partial charge < -0.3 is 10.5 Å². The molecule has 0 aromatic heterocycles. The van der Waals surface area contributed by atoms with Crippen LogP contribution in [0.2, 0.25) is 5.02 Å². The second kappa shape index (κ2) is 5.32. The van der Waals surface area contributed by atoms with Gasteiger partial charge in [-0.15, -0.1) is 12.4 Å². The minimum absolute atomic E-state index is 0. The van der Waals surface area contributed by atoms with Crippen LogP contribution in [0.3, 0.4) is 0 Å². The van der Waals surface area contributed by atoms with Crippen molar-refractivity contribution in [1.29, 1.82) is 0 Å². The molecule has 4 heteroatoms. The predicted octanol–water partition coefficient (Wildman–Crippen LogP) is 2.79. The third-order valence-corrected chi connectivity index (χ3v) is 2.00. The van der Waals surface area contributed by atoms with Crippen molar-refractivity contribution in [2.24, 2.45) is 5.73 Å². The average molecular weight is 222 g/mol. The monoisotopic (exact) mass is 221 g/mol. The smallest absolute Gasteiger partial charge is 0.137 e. The van der Waals surface area contributed by atoms with Crippen LogP contribution in [0.5, 0.6) is 5.75 Å². The number of ether oxygens (including phenoxy) is 1. The van der Waals surface area contributed by atoms with Gasteiger partial charge in [-0.1, -0.05) is 17.7 Å². The second-order valence-electron chi connectivity index (χ2n) is 2.68. The standard InChI is InChI=1S/C9H12ClNO.ClH/c1-6(11)7-3-4-9(12-2)8(10)5-7;/h3-6H,11H2,1-2H3;1H/t6-;/m0./s1. The van der Waals surface area contributed by atoms with Gasteiger partial charge in [-0.25, -0.2) is 0 Å². The lowest BCUT2D eigenvalue weighted by molar-refractivity contribution is 0.415. The molecule has 0 aliphatic rings. The first-order chi connectivity index (χ1) is 5.65. The van der Waals surface area contributed by atoms with Crippen molar-refractivity contribution >= 4 is 24.0 Å². The number of rotatable bonds is 2. The summed E-state index contributed by atoms with van der Waals surface area (Å²) in [5.41, 5.74) is 6.69. The molecule has 2 nitrogen and oxygen atoms in total. The van der Waals surface area contributed by atoms with Gasteiger partial charge in [0.1, 0.15) is 5.75 Å². The van der Waals surface area contributed by atoms with E-state index in [0.29, 0.717) is 10.8 Å². The van der Waals surface area contributed by atoms with Crippen LogP contribution in [0.1, 0.15) is 18.5 Å². The Morgan fingerprint density at radius 3 is 2.46 bits per heavy atom. The van der Waals surface area contributed by atoms with E-state index >= 15 is 0 Å². The van der Waals surface area contributed by atoms with E-state index in [4.69, 9.17) is 22.1 Å². The van der Waals surface area contributed by atoms with Gasteiger partial charge in [0.25, 0.3) is 0 Å². The fourth-order valence-corrected chi connectivity index (χ4v) is 1.23. The summed E-state index contributed by atoms with van der Waals surface area (Å²) < 4.78 is 5.01. The van der Waals surface area contributed by atoms with E-state index < -0.39 is 0 Å². The second-order valence-corrected chi connectivity index (χ2v) is 3.09. The van der Waals surface area contributed by atoms with Crippen LogP contribution in [-0.4, -0.2) is 7.11 Å². The topological polar surface area (TPSA) is 35.2 Å². The maximum Gasteiger partial charge on any atom is 0.137 e. The number of benzene rings is 1. The van der Waals surface area contributed by atoms with Crippen molar-refractivity contribution < 1.29 is 4.74 Å². The van der Waals surface area contributed by atoms with E-state index in [-0.39, 0.29) is 18.4 Å². The fraction of sp³-hybridized carbons (Fsp3) is 0.333.